The van der Waals surface area contributed by atoms with Crippen molar-refractivity contribution in [2.24, 2.45) is 0 Å². The van der Waals surface area contributed by atoms with Crippen molar-refractivity contribution in [3.8, 4) is 0 Å². The van der Waals surface area contributed by atoms with Gasteiger partial charge in [-0.1, -0.05) is 12.1 Å². The first kappa shape index (κ1) is 12.1. The molecule has 17 heavy (non-hydrogen) atoms. The normalized spacial score (nSPS) is 16.1. The molecule has 0 atom stereocenters. The number of rotatable bonds is 3. The molecule has 1 aliphatic rings. The van der Waals surface area contributed by atoms with Gasteiger partial charge in [0.15, 0.2) is 0 Å². The minimum absolute atomic E-state index is 0.0771. The quantitative estimate of drug-likeness (QED) is 0.795. The lowest BCUT2D eigenvalue weighted by molar-refractivity contribution is 0.0827. The summed E-state index contributed by atoms with van der Waals surface area (Å²) < 4.78 is 0. The van der Waals surface area contributed by atoms with E-state index in [2.05, 4.69) is 11.0 Å². The molecule has 0 radical (unpaired) electrons. The van der Waals surface area contributed by atoms with Gasteiger partial charge in [-0.15, -0.1) is 0 Å². The Kier molecular flexibility index (Phi) is 3.79. The number of benzene rings is 1. The summed E-state index contributed by atoms with van der Waals surface area (Å²) in [5, 5.41) is 0. The van der Waals surface area contributed by atoms with Gasteiger partial charge in [-0.05, 0) is 43.6 Å². The predicted octanol–water partition coefficient (Wildman–Crippen LogP) is 1.98. The third-order valence-corrected chi connectivity index (χ3v) is 3.18. The largest absolute Gasteiger partial charge is 0.345 e. The number of carbonyl (C=O) groups excluding carboxylic acids is 1. The van der Waals surface area contributed by atoms with Crippen LogP contribution in [0, 0.1) is 0 Å². The van der Waals surface area contributed by atoms with Gasteiger partial charge >= 0.3 is 0 Å². The van der Waals surface area contributed by atoms with Crippen LogP contribution in [-0.2, 0) is 6.54 Å². The van der Waals surface area contributed by atoms with Gasteiger partial charge in [0.05, 0.1) is 0 Å². The van der Waals surface area contributed by atoms with E-state index in [1.165, 1.54) is 31.5 Å². The van der Waals surface area contributed by atoms with E-state index in [0.29, 0.717) is 0 Å². The Morgan fingerprint density at radius 2 is 2.00 bits per heavy atom. The maximum Gasteiger partial charge on any atom is 0.253 e. The summed E-state index contributed by atoms with van der Waals surface area (Å²) >= 11 is 0. The standard InChI is InChI=1S/C14H20N2O/c1-15(2)14(17)13-7-5-6-12(10-13)11-16-8-3-4-9-16/h5-7,10H,3-4,8-9,11H2,1-2H3. The number of carbonyl (C=O) groups is 1. The van der Waals surface area contributed by atoms with Crippen molar-refractivity contribution >= 4 is 5.91 Å². The van der Waals surface area contributed by atoms with E-state index in [1.54, 1.807) is 19.0 Å². The molecule has 1 aromatic carbocycles. The van der Waals surface area contributed by atoms with Crippen molar-refractivity contribution in [3.63, 3.8) is 0 Å². The number of amides is 1. The van der Waals surface area contributed by atoms with Gasteiger partial charge in [0.25, 0.3) is 5.91 Å². The Morgan fingerprint density at radius 3 is 2.65 bits per heavy atom. The van der Waals surface area contributed by atoms with Crippen LogP contribution in [0.25, 0.3) is 0 Å². The third-order valence-electron chi connectivity index (χ3n) is 3.18. The molecule has 0 saturated carbocycles. The van der Waals surface area contributed by atoms with E-state index in [1.807, 2.05) is 18.2 Å². The fraction of sp³-hybridized carbons (Fsp3) is 0.500. The first-order valence-corrected chi connectivity index (χ1v) is 6.20. The number of likely N-dealkylation sites (tertiary alicyclic amines) is 1. The minimum atomic E-state index is 0.0771. The van der Waals surface area contributed by atoms with Crippen LogP contribution in [0.15, 0.2) is 24.3 Å². The molecule has 0 N–H and O–H groups in total. The molecule has 92 valence electrons. The van der Waals surface area contributed by atoms with Crippen molar-refractivity contribution in [1.29, 1.82) is 0 Å². The first-order valence-electron chi connectivity index (χ1n) is 6.20. The number of nitrogens with zero attached hydrogens (tertiary/aromatic N) is 2. The summed E-state index contributed by atoms with van der Waals surface area (Å²) in [5.41, 5.74) is 2.02. The first-order chi connectivity index (χ1) is 8.16. The molecule has 3 nitrogen and oxygen atoms in total. The Labute approximate surface area is 103 Å². The average molecular weight is 232 g/mol. The molecule has 1 fully saturated rings. The smallest absolute Gasteiger partial charge is 0.253 e. The van der Waals surface area contributed by atoms with E-state index in [-0.39, 0.29) is 5.91 Å². The van der Waals surface area contributed by atoms with Gasteiger partial charge in [-0.2, -0.15) is 0 Å². The van der Waals surface area contributed by atoms with E-state index in [0.717, 1.165) is 12.1 Å². The minimum Gasteiger partial charge on any atom is -0.345 e. The van der Waals surface area contributed by atoms with Crippen molar-refractivity contribution in [2.45, 2.75) is 19.4 Å². The predicted molar refractivity (Wildman–Crippen MR) is 69.0 cm³/mol. The molecule has 0 aromatic heterocycles. The second kappa shape index (κ2) is 5.32. The summed E-state index contributed by atoms with van der Waals surface area (Å²) in [6.45, 7) is 3.34. The second-order valence-corrected chi connectivity index (χ2v) is 4.88. The van der Waals surface area contributed by atoms with Crippen LogP contribution >= 0.6 is 0 Å². The van der Waals surface area contributed by atoms with Crippen LogP contribution in [0.4, 0.5) is 0 Å². The Balaban J connectivity index is 2.08. The fourth-order valence-corrected chi connectivity index (χ4v) is 2.26. The molecular formula is C14H20N2O. The molecule has 1 aliphatic heterocycles. The molecule has 0 unspecified atom stereocenters. The highest BCUT2D eigenvalue weighted by molar-refractivity contribution is 5.94. The van der Waals surface area contributed by atoms with Crippen molar-refractivity contribution in [3.05, 3.63) is 35.4 Å². The Bertz CT molecular complexity index is 395. The molecule has 1 aromatic rings. The lowest BCUT2D eigenvalue weighted by atomic mass is 10.1. The zero-order chi connectivity index (χ0) is 12.3. The van der Waals surface area contributed by atoms with Gasteiger partial charge in [0.1, 0.15) is 0 Å². The maximum absolute atomic E-state index is 11.8. The highest BCUT2D eigenvalue weighted by atomic mass is 16.2. The van der Waals surface area contributed by atoms with Crippen LogP contribution in [0.1, 0.15) is 28.8 Å². The lowest BCUT2D eigenvalue weighted by Gasteiger charge is -2.16. The third kappa shape index (κ3) is 3.07. The summed E-state index contributed by atoms with van der Waals surface area (Å²) in [7, 11) is 3.57. The summed E-state index contributed by atoms with van der Waals surface area (Å²) in [4.78, 5) is 15.9. The van der Waals surface area contributed by atoms with Crippen molar-refractivity contribution < 1.29 is 4.79 Å². The average Bonchev–Trinajstić information content (AvgIpc) is 2.81. The summed E-state index contributed by atoms with van der Waals surface area (Å²) in [6, 6.07) is 7.98. The van der Waals surface area contributed by atoms with Gasteiger partial charge in [0, 0.05) is 26.2 Å². The van der Waals surface area contributed by atoms with Gasteiger partial charge in [-0.3, -0.25) is 9.69 Å². The summed E-state index contributed by atoms with van der Waals surface area (Å²) in [6.07, 6.45) is 2.60. The molecular weight excluding hydrogens is 212 g/mol. The van der Waals surface area contributed by atoms with E-state index >= 15 is 0 Å². The molecule has 1 saturated heterocycles. The molecule has 0 spiro atoms. The highest BCUT2D eigenvalue weighted by Crippen LogP contribution is 2.14. The highest BCUT2D eigenvalue weighted by Gasteiger charge is 2.13. The maximum atomic E-state index is 11.8. The molecule has 1 heterocycles. The van der Waals surface area contributed by atoms with Crippen LogP contribution in [-0.4, -0.2) is 42.9 Å². The van der Waals surface area contributed by atoms with Gasteiger partial charge < -0.3 is 4.90 Å². The molecule has 0 bridgehead atoms. The van der Waals surface area contributed by atoms with Crippen LogP contribution in [0.2, 0.25) is 0 Å². The SMILES string of the molecule is CN(C)C(=O)c1cccc(CN2CCCC2)c1. The monoisotopic (exact) mass is 232 g/mol. The number of hydrogen-bond acceptors (Lipinski definition) is 2. The van der Waals surface area contributed by atoms with E-state index in [9.17, 15) is 4.79 Å². The second-order valence-electron chi connectivity index (χ2n) is 4.88. The zero-order valence-electron chi connectivity index (χ0n) is 10.6. The molecule has 3 heteroatoms. The Hall–Kier alpha value is -1.35. The van der Waals surface area contributed by atoms with Crippen LogP contribution < -0.4 is 0 Å². The van der Waals surface area contributed by atoms with Crippen molar-refractivity contribution in [2.75, 3.05) is 27.2 Å². The zero-order valence-corrected chi connectivity index (χ0v) is 10.6. The Morgan fingerprint density at radius 1 is 1.29 bits per heavy atom. The fourth-order valence-electron chi connectivity index (χ4n) is 2.26. The molecule has 1 amide bonds. The van der Waals surface area contributed by atoms with Gasteiger partial charge in [0.2, 0.25) is 0 Å². The topological polar surface area (TPSA) is 23.6 Å². The number of hydrogen-bond donors (Lipinski definition) is 0. The summed E-state index contributed by atoms with van der Waals surface area (Å²) in [5.74, 6) is 0.0771. The van der Waals surface area contributed by atoms with Crippen LogP contribution in [0.5, 0.6) is 0 Å². The van der Waals surface area contributed by atoms with Gasteiger partial charge in [-0.25, -0.2) is 0 Å². The van der Waals surface area contributed by atoms with E-state index in [4.69, 9.17) is 0 Å². The van der Waals surface area contributed by atoms with Crippen molar-refractivity contribution in [1.82, 2.24) is 9.80 Å². The molecule has 2 rings (SSSR count). The molecule has 0 aliphatic carbocycles. The lowest BCUT2D eigenvalue weighted by Crippen LogP contribution is -2.22. The van der Waals surface area contributed by atoms with E-state index < -0.39 is 0 Å². The van der Waals surface area contributed by atoms with Crippen LogP contribution in [0.3, 0.4) is 0 Å².